The molecule has 10 heteroatoms. The Bertz CT molecular complexity index is 1170. The van der Waals surface area contributed by atoms with Crippen molar-refractivity contribution in [3.05, 3.63) is 102 Å². The number of halogens is 8. The van der Waals surface area contributed by atoms with Crippen LogP contribution in [0.5, 0.6) is 17.2 Å². The average Bonchev–Trinajstić information content (AvgIpc) is 2.73. The average molecular weight is 486 g/mol. The maximum absolute atomic E-state index is 13.9. The number of alkyl halides is 6. The van der Waals surface area contributed by atoms with Gasteiger partial charge in [-0.05, 0) is 53.6 Å². The summed E-state index contributed by atoms with van der Waals surface area (Å²) in [6.45, 7) is 0. The third-order valence-electron chi connectivity index (χ3n) is 4.22. The van der Waals surface area contributed by atoms with E-state index >= 15 is 0 Å². The Hall–Kier alpha value is -3.82. The zero-order chi connectivity index (χ0) is 24.9. The summed E-state index contributed by atoms with van der Waals surface area (Å²) in [4.78, 5) is 0. The van der Waals surface area contributed by atoms with Gasteiger partial charge >= 0.3 is 12.5 Å². The van der Waals surface area contributed by atoms with E-state index in [1.165, 1.54) is 6.08 Å². The van der Waals surface area contributed by atoms with E-state index in [9.17, 15) is 35.1 Å². The first-order chi connectivity index (χ1) is 15.9. The molecule has 0 aliphatic carbocycles. The first-order valence-electron chi connectivity index (χ1n) is 9.46. The second-order valence-corrected chi connectivity index (χ2v) is 6.74. The molecule has 0 aliphatic heterocycles. The maximum Gasteiger partial charge on any atom is 0.573 e. The van der Waals surface area contributed by atoms with Crippen LogP contribution in [0.3, 0.4) is 0 Å². The molecule has 0 saturated carbocycles. The number of rotatable bonds is 6. The molecule has 0 amide bonds. The zero-order valence-electron chi connectivity index (χ0n) is 16.9. The summed E-state index contributed by atoms with van der Waals surface area (Å²) in [5.74, 6) is -4.75. The molecular formula is C24H14F8O2. The summed E-state index contributed by atoms with van der Waals surface area (Å²) in [6, 6.07) is 15.3. The van der Waals surface area contributed by atoms with Gasteiger partial charge in [0, 0.05) is 0 Å². The molecule has 0 bridgehead atoms. The first kappa shape index (κ1) is 24.8. The highest BCUT2D eigenvalue weighted by atomic mass is 19.4. The predicted molar refractivity (Wildman–Crippen MR) is 109 cm³/mol. The Balaban J connectivity index is 1.88. The molecule has 0 aromatic heterocycles. The topological polar surface area (TPSA) is 18.5 Å². The van der Waals surface area contributed by atoms with Crippen LogP contribution >= 0.6 is 0 Å². The standard InChI is InChI=1S/C24H14F8O2/c25-20-13-16(14-21(26)22(20)34-24(30,31)32)19(23(27,28)29)11-5-7-15-6-4-10-18(12-15)33-17-8-2-1-3-9-17/h1-14H/b7-5-,19-11+. The van der Waals surface area contributed by atoms with Gasteiger partial charge in [0.1, 0.15) is 11.5 Å². The van der Waals surface area contributed by atoms with Crippen molar-refractivity contribution in [2.45, 2.75) is 12.5 Å². The largest absolute Gasteiger partial charge is 0.573 e. The number of benzene rings is 3. The van der Waals surface area contributed by atoms with Gasteiger partial charge in [-0.2, -0.15) is 13.2 Å². The van der Waals surface area contributed by atoms with E-state index in [1.54, 1.807) is 54.6 Å². The summed E-state index contributed by atoms with van der Waals surface area (Å²) in [6.07, 6.45) is -7.66. The van der Waals surface area contributed by atoms with Crippen molar-refractivity contribution in [2.75, 3.05) is 0 Å². The predicted octanol–water partition coefficient (Wildman–Crippen LogP) is 8.31. The first-order valence-corrected chi connectivity index (χ1v) is 9.46. The van der Waals surface area contributed by atoms with Crippen LogP contribution in [0.2, 0.25) is 0 Å². The Kier molecular flexibility index (Phi) is 7.29. The molecule has 0 saturated heterocycles. The minimum absolute atomic E-state index is 0.117. The smallest absolute Gasteiger partial charge is 0.457 e. The van der Waals surface area contributed by atoms with Gasteiger partial charge in [-0.25, -0.2) is 8.78 Å². The molecule has 0 radical (unpaired) electrons. The molecule has 0 fully saturated rings. The molecular weight excluding hydrogens is 472 g/mol. The lowest BCUT2D eigenvalue weighted by Gasteiger charge is -2.15. The Labute approximate surface area is 188 Å². The quantitative estimate of drug-likeness (QED) is 0.258. The molecule has 3 aromatic rings. The molecule has 0 N–H and O–H groups in total. The lowest BCUT2D eigenvalue weighted by atomic mass is 10.0. The summed E-state index contributed by atoms with van der Waals surface area (Å²) in [7, 11) is 0. The highest BCUT2D eigenvalue weighted by molar-refractivity contribution is 5.73. The van der Waals surface area contributed by atoms with Crippen molar-refractivity contribution in [3.63, 3.8) is 0 Å². The molecule has 0 unspecified atom stereocenters. The van der Waals surface area contributed by atoms with Gasteiger partial charge in [-0.3, -0.25) is 0 Å². The van der Waals surface area contributed by atoms with Gasteiger partial charge < -0.3 is 9.47 Å². The van der Waals surface area contributed by atoms with Crippen molar-refractivity contribution < 1.29 is 44.6 Å². The van der Waals surface area contributed by atoms with Crippen molar-refractivity contribution in [1.29, 1.82) is 0 Å². The molecule has 178 valence electrons. The van der Waals surface area contributed by atoms with Crippen molar-refractivity contribution in [1.82, 2.24) is 0 Å². The third kappa shape index (κ3) is 6.84. The molecule has 0 spiro atoms. The van der Waals surface area contributed by atoms with Gasteiger partial charge in [-0.15, -0.1) is 13.2 Å². The SMILES string of the molecule is Fc1cc(/C(=C\C=C/c2cccc(Oc3ccccc3)c2)C(F)(F)F)cc(F)c1OC(F)(F)F. The summed E-state index contributed by atoms with van der Waals surface area (Å²) < 4.78 is 114. The van der Waals surface area contributed by atoms with E-state index in [4.69, 9.17) is 4.74 Å². The summed E-state index contributed by atoms with van der Waals surface area (Å²) in [5.41, 5.74) is -2.03. The molecule has 0 atom stereocenters. The monoisotopic (exact) mass is 486 g/mol. The van der Waals surface area contributed by atoms with Crippen LogP contribution in [-0.2, 0) is 0 Å². The molecule has 2 nitrogen and oxygen atoms in total. The van der Waals surface area contributed by atoms with Gasteiger partial charge in [0.05, 0.1) is 5.57 Å². The summed E-state index contributed by atoms with van der Waals surface area (Å²) in [5, 5.41) is 0. The highest BCUT2D eigenvalue weighted by Gasteiger charge is 2.37. The molecule has 34 heavy (non-hydrogen) atoms. The van der Waals surface area contributed by atoms with Crippen LogP contribution in [0, 0.1) is 11.6 Å². The number of hydrogen-bond donors (Lipinski definition) is 0. The minimum Gasteiger partial charge on any atom is -0.457 e. The van der Waals surface area contributed by atoms with Gasteiger partial charge in [0.25, 0.3) is 0 Å². The zero-order valence-corrected chi connectivity index (χ0v) is 16.9. The number of hydrogen-bond acceptors (Lipinski definition) is 2. The fraction of sp³-hybridized carbons (Fsp3) is 0.0833. The van der Waals surface area contributed by atoms with Crippen molar-refractivity contribution in [3.8, 4) is 17.2 Å². The molecule has 3 aromatic carbocycles. The third-order valence-corrected chi connectivity index (χ3v) is 4.22. The lowest BCUT2D eigenvalue weighted by molar-refractivity contribution is -0.276. The summed E-state index contributed by atoms with van der Waals surface area (Å²) >= 11 is 0. The highest BCUT2D eigenvalue weighted by Crippen LogP contribution is 2.37. The Morgan fingerprint density at radius 3 is 1.94 bits per heavy atom. The Morgan fingerprint density at radius 2 is 1.35 bits per heavy atom. The van der Waals surface area contributed by atoms with Gasteiger partial charge in [-0.1, -0.05) is 42.5 Å². The van der Waals surface area contributed by atoms with Crippen LogP contribution in [0.4, 0.5) is 35.1 Å². The normalized spacial score (nSPS) is 12.8. The minimum atomic E-state index is -5.42. The van der Waals surface area contributed by atoms with E-state index in [-0.39, 0.29) is 12.1 Å². The van der Waals surface area contributed by atoms with Crippen LogP contribution in [0.25, 0.3) is 11.6 Å². The van der Waals surface area contributed by atoms with E-state index in [2.05, 4.69) is 4.74 Å². The van der Waals surface area contributed by atoms with Gasteiger partial charge in [0.2, 0.25) is 5.75 Å². The molecule has 0 aliphatic rings. The lowest BCUT2D eigenvalue weighted by Crippen LogP contribution is -2.19. The van der Waals surface area contributed by atoms with Crippen LogP contribution in [0.15, 0.2) is 78.9 Å². The van der Waals surface area contributed by atoms with Crippen LogP contribution in [-0.4, -0.2) is 12.5 Å². The second-order valence-electron chi connectivity index (χ2n) is 6.74. The fourth-order valence-electron chi connectivity index (χ4n) is 2.84. The Morgan fingerprint density at radius 1 is 0.735 bits per heavy atom. The number of para-hydroxylation sites is 1. The van der Waals surface area contributed by atoms with E-state index in [0.29, 0.717) is 23.1 Å². The van der Waals surface area contributed by atoms with E-state index in [1.807, 2.05) is 0 Å². The second kappa shape index (κ2) is 9.98. The number of ether oxygens (including phenoxy) is 2. The van der Waals surface area contributed by atoms with Crippen LogP contribution < -0.4 is 9.47 Å². The molecule has 0 heterocycles. The van der Waals surface area contributed by atoms with Gasteiger partial charge in [0.15, 0.2) is 11.6 Å². The van der Waals surface area contributed by atoms with E-state index < -0.39 is 41.1 Å². The van der Waals surface area contributed by atoms with Crippen LogP contribution in [0.1, 0.15) is 11.1 Å². The van der Waals surface area contributed by atoms with Crippen molar-refractivity contribution in [2.24, 2.45) is 0 Å². The van der Waals surface area contributed by atoms with E-state index in [0.717, 1.165) is 6.08 Å². The fourth-order valence-corrected chi connectivity index (χ4v) is 2.84. The maximum atomic E-state index is 13.9. The van der Waals surface area contributed by atoms with Crippen molar-refractivity contribution >= 4 is 11.6 Å². The molecule has 3 rings (SSSR count). The number of allylic oxidation sites excluding steroid dienone is 3.